The van der Waals surface area contributed by atoms with Crippen LogP contribution in [0.25, 0.3) is 0 Å². The molecule has 0 saturated carbocycles. The van der Waals surface area contributed by atoms with Crippen LogP contribution in [0.4, 0.5) is 11.6 Å². The molecule has 20 heavy (non-hydrogen) atoms. The van der Waals surface area contributed by atoms with E-state index in [4.69, 9.17) is 5.73 Å². The minimum absolute atomic E-state index is 0.328. The molecule has 5 heteroatoms. The molecule has 112 valence electrons. The van der Waals surface area contributed by atoms with Gasteiger partial charge in [0, 0.05) is 24.7 Å². The second-order valence-corrected chi connectivity index (χ2v) is 6.30. The summed E-state index contributed by atoms with van der Waals surface area (Å²) in [7, 11) is 0. The van der Waals surface area contributed by atoms with Crippen molar-refractivity contribution < 1.29 is 0 Å². The number of nitrogens with two attached hydrogens (primary N) is 1. The van der Waals surface area contributed by atoms with Gasteiger partial charge in [-0.15, -0.1) is 0 Å². The van der Waals surface area contributed by atoms with Crippen LogP contribution in [0.5, 0.6) is 0 Å². The molecule has 1 aromatic rings. The summed E-state index contributed by atoms with van der Waals surface area (Å²) in [5.41, 5.74) is 7.00. The number of likely N-dealkylation sites (tertiary alicyclic amines) is 1. The van der Waals surface area contributed by atoms with E-state index in [0.717, 1.165) is 17.9 Å². The second-order valence-electron chi connectivity index (χ2n) is 6.30. The lowest BCUT2D eigenvalue weighted by atomic mass is 10.0. The van der Waals surface area contributed by atoms with Crippen LogP contribution in [-0.2, 0) is 0 Å². The number of nitrogens with zero attached hydrogens (tertiary/aromatic N) is 3. The Morgan fingerprint density at radius 3 is 2.70 bits per heavy atom. The Bertz CT molecular complexity index is 444. The summed E-state index contributed by atoms with van der Waals surface area (Å²) in [6.45, 7) is 12.1. The van der Waals surface area contributed by atoms with Crippen molar-refractivity contribution in [3.8, 4) is 0 Å². The van der Waals surface area contributed by atoms with E-state index in [1.807, 2.05) is 0 Å². The Balaban J connectivity index is 1.97. The molecule has 0 bridgehead atoms. The van der Waals surface area contributed by atoms with Crippen LogP contribution in [0.1, 0.15) is 45.6 Å². The molecule has 3 N–H and O–H groups in total. The van der Waals surface area contributed by atoms with Gasteiger partial charge in [-0.05, 0) is 38.6 Å². The van der Waals surface area contributed by atoms with Crippen molar-refractivity contribution in [3.05, 3.63) is 11.9 Å². The maximum atomic E-state index is 5.97. The zero-order valence-corrected chi connectivity index (χ0v) is 13.1. The average molecular weight is 277 g/mol. The van der Waals surface area contributed by atoms with Crippen LogP contribution in [0, 0.1) is 5.92 Å². The average Bonchev–Trinajstić information content (AvgIpc) is 2.84. The third kappa shape index (κ3) is 3.39. The van der Waals surface area contributed by atoms with Crippen LogP contribution in [0.3, 0.4) is 0 Å². The first-order chi connectivity index (χ1) is 9.49. The molecule has 0 aromatic carbocycles. The maximum absolute atomic E-state index is 5.97. The summed E-state index contributed by atoms with van der Waals surface area (Å²) in [5.74, 6) is 2.51. The van der Waals surface area contributed by atoms with E-state index in [-0.39, 0.29) is 0 Å². The fourth-order valence-corrected chi connectivity index (χ4v) is 2.86. The highest BCUT2D eigenvalue weighted by atomic mass is 15.2. The van der Waals surface area contributed by atoms with Gasteiger partial charge >= 0.3 is 0 Å². The lowest BCUT2D eigenvalue weighted by Gasteiger charge is -2.21. The molecule has 1 aromatic heterocycles. The highest BCUT2D eigenvalue weighted by Crippen LogP contribution is 2.27. The lowest BCUT2D eigenvalue weighted by Crippen LogP contribution is -2.29. The number of nitrogen functional groups attached to an aromatic ring is 1. The Morgan fingerprint density at radius 2 is 2.10 bits per heavy atom. The van der Waals surface area contributed by atoms with Gasteiger partial charge in [-0.2, -0.15) is 0 Å². The number of nitrogens with one attached hydrogen (secondary N) is 1. The van der Waals surface area contributed by atoms with Gasteiger partial charge < -0.3 is 16.0 Å². The van der Waals surface area contributed by atoms with Gasteiger partial charge in [0.15, 0.2) is 0 Å². The lowest BCUT2D eigenvalue weighted by molar-refractivity contribution is 0.266. The Morgan fingerprint density at radius 1 is 1.35 bits per heavy atom. The number of hydrogen-bond donors (Lipinski definition) is 2. The summed E-state index contributed by atoms with van der Waals surface area (Å²) >= 11 is 0. The summed E-state index contributed by atoms with van der Waals surface area (Å²) < 4.78 is 0. The molecule has 1 fully saturated rings. The Hall–Kier alpha value is -1.36. The minimum Gasteiger partial charge on any atom is -0.383 e. The van der Waals surface area contributed by atoms with Gasteiger partial charge in [0.25, 0.3) is 0 Å². The number of hydrogen-bond acceptors (Lipinski definition) is 5. The van der Waals surface area contributed by atoms with Crippen LogP contribution >= 0.6 is 0 Å². The van der Waals surface area contributed by atoms with E-state index in [1.165, 1.54) is 19.5 Å². The van der Waals surface area contributed by atoms with Crippen molar-refractivity contribution in [2.45, 2.75) is 46.1 Å². The topological polar surface area (TPSA) is 67.1 Å². The van der Waals surface area contributed by atoms with Gasteiger partial charge in [-0.1, -0.05) is 13.8 Å². The standard InChI is InChI=1S/C15H27N5/c1-10(2)13-14(16)18-9-19-15(13)17-7-12-5-6-20(8-12)11(3)4/h9-12H,5-8H2,1-4H3,(H3,16,17,18,19). The summed E-state index contributed by atoms with van der Waals surface area (Å²) in [4.78, 5) is 11.0. The molecular weight excluding hydrogens is 250 g/mol. The van der Waals surface area contributed by atoms with Crippen molar-refractivity contribution in [1.82, 2.24) is 14.9 Å². The molecule has 1 aliphatic heterocycles. The number of anilines is 2. The predicted octanol–water partition coefficient (Wildman–Crippen LogP) is 2.32. The SMILES string of the molecule is CC(C)c1c(N)ncnc1NCC1CCN(C(C)C)C1. The van der Waals surface area contributed by atoms with Crippen LogP contribution in [0.2, 0.25) is 0 Å². The van der Waals surface area contributed by atoms with Gasteiger partial charge in [0.2, 0.25) is 0 Å². The molecule has 5 nitrogen and oxygen atoms in total. The molecule has 0 spiro atoms. The van der Waals surface area contributed by atoms with Crippen molar-refractivity contribution in [1.29, 1.82) is 0 Å². The second kappa shape index (κ2) is 6.39. The molecule has 1 atom stereocenters. The van der Waals surface area contributed by atoms with Crippen molar-refractivity contribution >= 4 is 11.6 Å². The van der Waals surface area contributed by atoms with E-state index < -0.39 is 0 Å². The normalized spacial score (nSPS) is 20.0. The summed E-state index contributed by atoms with van der Waals surface area (Å²) in [6.07, 6.45) is 2.79. The third-order valence-electron chi connectivity index (χ3n) is 4.10. The summed E-state index contributed by atoms with van der Waals surface area (Å²) in [5, 5.41) is 3.48. The highest BCUT2D eigenvalue weighted by molar-refractivity contribution is 5.56. The van der Waals surface area contributed by atoms with E-state index in [9.17, 15) is 0 Å². The van der Waals surface area contributed by atoms with Crippen LogP contribution in [-0.4, -0.2) is 40.5 Å². The molecule has 1 aliphatic rings. The smallest absolute Gasteiger partial charge is 0.134 e. The van der Waals surface area contributed by atoms with Gasteiger partial charge in [0.1, 0.15) is 18.0 Å². The molecule has 2 heterocycles. The summed E-state index contributed by atoms with van der Waals surface area (Å²) in [6, 6.07) is 0.640. The molecule has 0 aliphatic carbocycles. The highest BCUT2D eigenvalue weighted by Gasteiger charge is 2.24. The molecular formula is C15H27N5. The molecule has 0 amide bonds. The van der Waals surface area contributed by atoms with Gasteiger partial charge in [-0.25, -0.2) is 9.97 Å². The maximum Gasteiger partial charge on any atom is 0.134 e. The quantitative estimate of drug-likeness (QED) is 0.864. The third-order valence-corrected chi connectivity index (χ3v) is 4.10. The van der Waals surface area contributed by atoms with E-state index >= 15 is 0 Å². The molecule has 1 unspecified atom stereocenters. The zero-order chi connectivity index (χ0) is 14.7. The van der Waals surface area contributed by atoms with Gasteiger partial charge in [-0.3, -0.25) is 0 Å². The Kier molecular flexibility index (Phi) is 4.81. The fraction of sp³-hybridized carbons (Fsp3) is 0.733. The van der Waals surface area contributed by atoms with Crippen molar-refractivity contribution in [3.63, 3.8) is 0 Å². The van der Waals surface area contributed by atoms with E-state index in [1.54, 1.807) is 6.33 Å². The van der Waals surface area contributed by atoms with Crippen molar-refractivity contribution in [2.24, 2.45) is 5.92 Å². The minimum atomic E-state index is 0.328. The number of aromatic nitrogens is 2. The molecule has 1 saturated heterocycles. The first-order valence-electron chi connectivity index (χ1n) is 7.57. The van der Waals surface area contributed by atoms with Gasteiger partial charge in [0.05, 0.1) is 0 Å². The van der Waals surface area contributed by atoms with E-state index in [0.29, 0.717) is 23.7 Å². The van der Waals surface area contributed by atoms with E-state index in [2.05, 4.69) is 47.9 Å². The predicted molar refractivity (Wildman–Crippen MR) is 83.8 cm³/mol. The molecule has 2 rings (SSSR count). The fourth-order valence-electron chi connectivity index (χ4n) is 2.86. The Labute approximate surface area is 122 Å². The molecule has 0 radical (unpaired) electrons. The van der Waals surface area contributed by atoms with Crippen LogP contribution in [0.15, 0.2) is 6.33 Å². The van der Waals surface area contributed by atoms with Crippen molar-refractivity contribution in [2.75, 3.05) is 30.7 Å². The monoisotopic (exact) mass is 277 g/mol. The first-order valence-corrected chi connectivity index (χ1v) is 7.57. The largest absolute Gasteiger partial charge is 0.383 e. The number of rotatable bonds is 5. The van der Waals surface area contributed by atoms with Crippen LogP contribution < -0.4 is 11.1 Å². The zero-order valence-electron chi connectivity index (χ0n) is 13.1. The first kappa shape index (κ1) is 15.0.